The zero-order valence-electron chi connectivity index (χ0n) is 9.22. The molecule has 0 aliphatic rings. The van der Waals surface area contributed by atoms with Crippen LogP contribution in [0.3, 0.4) is 0 Å². The molecule has 16 heavy (non-hydrogen) atoms. The molecular formula is C11H16ClN3O. The Bertz CT molecular complexity index is 344. The fourth-order valence-corrected chi connectivity index (χ4v) is 1.37. The largest absolute Gasteiger partial charge is 0.337 e. The van der Waals surface area contributed by atoms with Gasteiger partial charge < -0.3 is 16.0 Å². The molecule has 0 unspecified atom stereocenters. The zero-order chi connectivity index (χ0) is 11.8. The molecule has 0 aliphatic heterocycles. The second-order valence-corrected chi connectivity index (χ2v) is 3.68. The summed E-state index contributed by atoms with van der Waals surface area (Å²) in [7, 11) is 0. The van der Waals surface area contributed by atoms with E-state index < -0.39 is 0 Å². The van der Waals surface area contributed by atoms with Crippen molar-refractivity contribution in [1.29, 1.82) is 0 Å². The normalized spacial score (nSPS) is 9.88. The highest BCUT2D eigenvalue weighted by Gasteiger charge is 2.00. The monoisotopic (exact) mass is 241 g/mol. The molecule has 4 nitrogen and oxygen atoms in total. The number of likely N-dealkylation sites (N-methyl/N-ethyl adjacent to an activating group) is 1. The molecule has 0 fully saturated rings. The molecule has 2 amide bonds. The Hall–Kier alpha value is -1.26. The van der Waals surface area contributed by atoms with Crippen molar-refractivity contribution in [3.8, 4) is 0 Å². The van der Waals surface area contributed by atoms with Crippen molar-refractivity contribution in [1.82, 2.24) is 10.6 Å². The molecule has 1 aromatic rings. The number of amides is 2. The first-order valence-electron chi connectivity index (χ1n) is 5.23. The summed E-state index contributed by atoms with van der Waals surface area (Å²) in [6, 6.07) is 6.81. The van der Waals surface area contributed by atoms with Crippen LogP contribution in [0.2, 0.25) is 5.02 Å². The van der Waals surface area contributed by atoms with E-state index in [2.05, 4.69) is 16.0 Å². The Labute approximate surface area is 100 Å². The van der Waals surface area contributed by atoms with E-state index in [9.17, 15) is 4.79 Å². The molecule has 0 heterocycles. The first-order valence-corrected chi connectivity index (χ1v) is 5.61. The Morgan fingerprint density at radius 1 is 1.38 bits per heavy atom. The number of nitrogens with one attached hydrogen (secondary N) is 3. The smallest absolute Gasteiger partial charge is 0.319 e. The van der Waals surface area contributed by atoms with Crippen LogP contribution in [0, 0.1) is 0 Å². The molecular weight excluding hydrogens is 226 g/mol. The number of urea groups is 1. The van der Waals surface area contributed by atoms with Gasteiger partial charge in [-0.15, -0.1) is 0 Å². The Balaban J connectivity index is 2.29. The van der Waals surface area contributed by atoms with Crippen molar-refractivity contribution in [3.63, 3.8) is 0 Å². The van der Waals surface area contributed by atoms with Gasteiger partial charge in [-0.05, 0) is 24.7 Å². The molecule has 0 atom stereocenters. The number of halogens is 1. The predicted molar refractivity (Wildman–Crippen MR) is 67.0 cm³/mol. The maximum absolute atomic E-state index is 11.4. The van der Waals surface area contributed by atoms with E-state index in [0.29, 0.717) is 17.3 Å². The van der Waals surface area contributed by atoms with Gasteiger partial charge in [-0.25, -0.2) is 4.79 Å². The van der Waals surface area contributed by atoms with Crippen molar-refractivity contribution in [2.24, 2.45) is 0 Å². The molecule has 5 heteroatoms. The summed E-state index contributed by atoms with van der Waals surface area (Å²) in [5.41, 5.74) is 0.688. The van der Waals surface area contributed by atoms with Gasteiger partial charge in [-0.3, -0.25) is 0 Å². The van der Waals surface area contributed by atoms with Crippen molar-refractivity contribution in [2.75, 3.05) is 25.0 Å². The number of carbonyl (C=O) groups excluding carboxylic acids is 1. The van der Waals surface area contributed by atoms with Gasteiger partial charge in [-0.2, -0.15) is 0 Å². The molecule has 0 saturated carbocycles. The first-order chi connectivity index (χ1) is 7.72. The summed E-state index contributed by atoms with van der Waals surface area (Å²) in [4.78, 5) is 11.4. The molecule has 0 spiro atoms. The molecule has 88 valence electrons. The molecule has 0 radical (unpaired) electrons. The summed E-state index contributed by atoms with van der Waals surface area (Å²) in [5, 5.41) is 9.14. The number of rotatable bonds is 5. The minimum absolute atomic E-state index is 0.222. The molecule has 3 N–H and O–H groups in total. The predicted octanol–water partition coefficient (Wildman–Crippen LogP) is 2.07. The molecule has 0 saturated heterocycles. The van der Waals surface area contributed by atoms with Crippen LogP contribution in [0.5, 0.6) is 0 Å². The van der Waals surface area contributed by atoms with Gasteiger partial charge in [0, 0.05) is 23.8 Å². The van der Waals surface area contributed by atoms with Crippen LogP contribution in [0.1, 0.15) is 6.92 Å². The lowest BCUT2D eigenvalue weighted by Gasteiger charge is -2.07. The second kappa shape index (κ2) is 7.09. The van der Waals surface area contributed by atoms with Crippen LogP contribution >= 0.6 is 11.6 Å². The van der Waals surface area contributed by atoms with Gasteiger partial charge in [-0.1, -0.05) is 24.6 Å². The van der Waals surface area contributed by atoms with E-state index in [1.54, 1.807) is 24.3 Å². The van der Waals surface area contributed by atoms with Gasteiger partial charge in [0.2, 0.25) is 0 Å². The average Bonchev–Trinajstić information content (AvgIpc) is 2.24. The van der Waals surface area contributed by atoms with Gasteiger partial charge >= 0.3 is 6.03 Å². The zero-order valence-corrected chi connectivity index (χ0v) is 9.97. The number of hydrogen-bond acceptors (Lipinski definition) is 2. The lowest BCUT2D eigenvalue weighted by atomic mass is 10.3. The standard InChI is InChI=1S/C11H16ClN3O/c1-2-13-6-7-14-11(16)15-10-5-3-4-9(12)8-10/h3-5,8,13H,2,6-7H2,1H3,(H2,14,15,16). The molecule has 0 aliphatic carbocycles. The molecule has 1 aromatic carbocycles. The first kappa shape index (κ1) is 12.8. The van der Waals surface area contributed by atoms with Crippen molar-refractivity contribution >= 4 is 23.3 Å². The van der Waals surface area contributed by atoms with Crippen LogP contribution in [0.25, 0.3) is 0 Å². The number of hydrogen-bond donors (Lipinski definition) is 3. The highest BCUT2D eigenvalue weighted by atomic mass is 35.5. The highest BCUT2D eigenvalue weighted by molar-refractivity contribution is 6.30. The Kier molecular flexibility index (Phi) is 5.67. The third kappa shape index (κ3) is 5.00. The number of carbonyl (C=O) groups is 1. The van der Waals surface area contributed by atoms with Crippen LogP contribution in [-0.2, 0) is 0 Å². The van der Waals surface area contributed by atoms with Crippen LogP contribution < -0.4 is 16.0 Å². The Morgan fingerprint density at radius 2 is 2.19 bits per heavy atom. The van der Waals surface area contributed by atoms with E-state index in [-0.39, 0.29) is 6.03 Å². The maximum atomic E-state index is 11.4. The van der Waals surface area contributed by atoms with E-state index in [1.165, 1.54) is 0 Å². The summed E-state index contributed by atoms with van der Waals surface area (Å²) in [5.74, 6) is 0. The van der Waals surface area contributed by atoms with Crippen LogP contribution in [0.15, 0.2) is 24.3 Å². The van der Waals surface area contributed by atoms with E-state index in [1.807, 2.05) is 6.92 Å². The Morgan fingerprint density at radius 3 is 2.88 bits per heavy atom. The van der Waals surface area contributed by atoms with E-state index >= 15 is 0 Å². The average molecular weight is 242 g/mol. The molecule has 0 bridgehead atoms. The van der Waals surface area contributed by atoms with Crippen LogP contribution in [-0.4, -0.2) is 25.7 Å². The second-order valence-electron chi connectivity index (χ2n) is 3.24. The summed E-state index contributed by atoms with van der Waals surface area (Å²) < 4.78 is 0. The minimum atomic E-state index is -0.222. The van der Waals surface area contributed by atoms with Crippen molar-refractivity contribution < 1.29 is 4.79 Å². The topological polar surface area (TPSA) is 53.2 Å². The fraction of sp³-hybridized carbons (Fsp3) is 0.364. The van der Waals surface area contributed by atoms with Crippen molar-refractivity contribution in [3.05, 3.63) is 29.3 Å². The summed E-state index contributed by atoms with van der Waals surface area (Å²) in [6.45, 7) is 4.28. The lowest BCUT2D eigenvalue weighted by molar-refractivity contribution is 0.252. The van der Waals surface area contributed by atoms with Crippen LogP contribution in [0.4, 0.5) is 10.5 Å². The third-order valence-electron chi connectivity index (χ3n) is 1.92. The summed E-state index contributed by atoms with van der Waals surface area (Å²) >= 11 is 5.79. The van der Waals surface area contributed by atoms with Crippen molar-refractivity contribution in [2.45, 2.75) is 6.92 Å². The lowest BCUT2D eigenvalue weighted by Crippen LogP contribution is -2.34. The minimum Gasteiger partial charge on any atom is -0.337 e. The molecule has 0 aromatic heterocycles. The van der Waals surface area contributed by atoms with Gasteiger partial charge in [0.1, 0.15) is 0 Å². The van der Waals surface area contributed by atoms with E-state index in [0.717, 1.165) is 13.1 Å². The SMILES string of the molecule is CCNCCNC(=O)Nc1cccc(Cl)c1. The molecule has 1 rings (SSSR count). The number of anilines is 1. The van der Waals surface area contributed by atoms with Gasteiger partial charge in [0.25, 0.3) is 0 Å². The van der Waals surface area contributed by atoms with Gasteiger partial charge in [0.05, 0.1) is 0 Å². The highest BCUT2D eigenvalue weighted by Crippen LogP contribution is 2.14. The summed E-state index contributed by atoms with van der Waals surface area (Å²) in [6.07, 6.45) is 0. The van der Waals surface area contributed by atoms with E-state index in [4.69, 9.17) is 11.6 Å². The number of benzene rings is 1. The third-order valence-corrected chi connectivity index (χ3v) is 2.15. The fourth-order valence-electron chi connectivity index (χ4n) is 1.18. The quantitative estimate of drug-likeness (QED) is 0.692. The van der Waals surface area contributed by atoms with Gasteiger partial charge in [0.15, 0.2) is 0 Å². The maximum Gasteiger partial charge on any atom is 0.319 e.